The molecule has 1 N–H and O–H groups in total. The third-order valence-electron chi connectivity index (χ3n) is 5.96. The highest BCUT2D eigenvalue weighted by atomic mass is 16.4. The summed E-state index contributed by atoms with van der Waals surface area (Å²) in [6, 6.07) is 0. The Hall–Kier alpha value is -0.570. The predicted octanol–water partition coefficient (Wildman–Crippen LogP) is 2.84. The van der Waals surface area contributed by atoms with Crippen molar-refractivity contribution in [1.29, 1.82) is 0 Å². The van der Waals surface area contributed by atoms with Gasteiger partial charge in [0, 0.05) is 18.4 Å². The van der Waals surface area contributed by atoms with Gasteiger partial charge in [0.15, 0.2) is 0 Å². The first-order valence-corrected chi connectivity index (χ1v) is 7.74. The lowest BCUT2D eigenvalue weighted by Crippen LogP contribution is -2.40. The Labute approximate surface area is 110 Å². The topological polar surface area (TPSA) is 35.8 Å². The molecule has 3 aliphatic rings. The summed E-state index contributed by atoms with van der Waals surface area (Å²) in [5.41, 5.74) is 1.15. The Morgan fingerprint density at radius 3 is 2.56 bits per heavy atom. The van der Waals surface area contributed by atoms with Crippen LogP contribution in [0.15, 0.2) is 5.16 Å². The molecule has 2 bridgehead atoms. The molecule has 0 aliphatic heterocycles. The summed E-state index contributed by atoms with van der Waals surface area (Å²) in [6.45, 7) is 7.78. The van der Waals surface area contributed by atoms with Gasteiger partial charge >= 0.3 is 0 Å². The molecule has 0 spiro atoms. The van der Waals surface area contributed by atoms with E-state index in [0.717, 1.165) is 43.1 Å². The van der Waals surface area contributed by atoms with E-state index in [-0.39, 0.29) is 0 Å². The minimum Gasteiger partial charge on any atom is -0.411 e. The molecule has 0 aromatic rings. The van der Waals surface area contributed by atoms with Gasteiger partial charge in [-0.25, -0.2) is 0 Å². The molecule has 0 heterocycles. The number of nitrogens with zero attached hydrogens (tertiary/aromatic N) is 2. The largest absolute Gasteiger partial charge is 0.411 e. The molecule has 0 saturated heterocycles. The van der Waals surface area contributed by atoms with Gasteiger partial charge in [-0.1, -0.05) is 25.4 Å². The third-order valence-corrected chi connectivity index (χ3v) is 5.96. The number of oxime groups is 1. The molecule has 3 fully saturated rings. The Kier molecular flexibility index (Phi) is 3.35. The van der Waals surface area contributed by atoms with Gasteiger partial charge in [-0.3, -0.25) is 0 Å². The van der Waals surface area contributed by atoms with Crippen molar-refractivity contribution in [3.05, 3.63) is 0 Å². The van der Waals surface area contributed by atoms with Gasteiger partial charge in [0.2, 0.25) is 0 Å². The van der Waals surface area contributed by atoms with Gasteiger partial charge in [-0.05, 0) is 50.1 Å². The van der Waals surface area contributed by atoms with Gasteiger partial charge in [0.05, 0.1) is 5.71 Å². The molecule has 3 heteroatoms. The Morgan fingerprint density at radius 1 is 1.17 bits per heavy atom. The SMILES string of the molecule is CCN(CC)C[C@H]1/C(=N/O)[C@H]2C[C@@H]1[C@@H]1CCC[C@@H]12. The summed E-state index contributed by atoms with van der Waals surface area (Å²) < 4.78 is 0. The van der Waals surface area contributed by atoms with E-state index in [9.17, 15) is 5.21 Å². The van der Waals surface area contributed by atoms with Crippen molar-refractivity contribution in [2.75, 3.05) is 19.6 Å². The lowest BCUT2D eigenvalue weighted by molar-refractivity contribution is 0.199. The maximum Gasteiger partial charge on any atom is 0.0651 e. The number of fused-ring (bicyclic) bond motifs is 5. The van der Waals surface area contributed by atoms with E-state index in [1.807, 2.05) is 0 Å². The van der Waals surface area contributed by atoms with Crippen LogP contribution in [-0.2, 0) is 0 Å². The van der Waals surface area contributed by atoms with Gasteiger partial charge in [-0.2, -0.15) is 0 Å². The van der Waals surface area contributed by atoms with Crippen LogP contribution in [0.25, 0.3) is 0 Å². The lowest BCUT2D eigenvalue weighted by Gasteiger charge is -2.35. The van der Waals surface area contributed by atoms with Gasteiger partial charge < -0.3 is 10.1 Å². The molecule has 18 heavy (non-hydrogen) atoms. The second-order valence-corrected chi connectivity index (χ2v) is 6.38. The highest BCUT2D eigenvalue weighted by Crippen LogP contribution is 2.59. The highest BCUT2D eigenvalue weighted by molar-refractivity contribution is 5.92. The van der Waals surface area contributed by atoms with E-state index >= 15 is 0 Å². The molecule has 102 valence electrons. The van der Waals surface area contributed by atoms with Crippen LogP contribution >= 0.6 is 0 Å². The number of hydrogen-bond acceptors (Lipinski definition) is 3. The lowest BCUT2D eigenvalue weighted by atomic mass is 9.74. The molecular formula is C15H26N2O. The molecule has 3 nitrogen and oxygen atoms in total. The van der Waals surface area contributed by atoms with Gasteiger partial charge in [0.25, 0.3) is 0 Å². The van der Waals surface area contributed by atoms with Crippen LogP contribution < -0.4 is 0 Å². The summed E-state index contributed by atoms with van der Waals surface area (Å²) in [5.74, 6) is 3.77. The van der Waals surface area contributed by atoms with Crippen LogP contribution in [0.4, 0.5) is 0 Å². The van der Waals surface area contributed by atoms with Crippen LogP contribution in [-0.4, -0.2) is 35.5 Å². The summed E-state index contributed by atoms with van der Waals surface area (Å²) in [5, 5.41) is 13.1. The van der Waals surface area contributed by atoms with Crippen LogP contribution in [0.5, 0.6) is 0 Å². The molecule has 5 atom stereocenters. The fraction of sp³-hybridized carbons (Fsp3) is 0.933. The van der Waals surface area contributed by atoms with Crippen molar-refractivity contribution in [2.45, 2.75) is 39.5 Å². The molecule has 3 aliphatic carbocycles. The molecule has 0 aromatic carbocycles. The van der Waals surface area contributed by atoms with E-state index in [0.29, 0.717) is 11.8 Å². The normalized spacial score (nSPS) is 44.2. The van der Waals surface area contributed by atoms with Crippen molar-refractivity contribution in [2.24, 2.45) is 34.7 Å². The summed E-state index contributed by atoms with van der Waals surface area (Å²) in [6.07, 6.45) is 5.52. The predicted molar refractivity (Wildman–Crippen MR) is 72.9 cm³/mol. The average Bonchev–Trinajstić information content (AvgIpc) is 3.05. The van der Waals surface area contributed by atoms with E-state index in [2.05, 4.69) is 23.9 Å². The molecule has 0 unspecified atom stereocenters. The summed E-state index contributed by atoms with van der Waals surface area (Å²) >= 11 is 0. The minimum absolute atomic E-state index is 0.541. The highest BCUT2D eigenvalue weighted by Gasteiger charge is 2.57. The molecule has 0 amide bonds. The monoisotopic (exact) mass is 250 g/mol. The molecular weight excluding hydrogens is 224 g/mol. The van der Waals surface area contributed by atoms with Gasteiger partial charge in [-0.15, -0.1) is 0 Å². The second-order valence-electron chi connectivity index (χ2n) is 6.38. The Balaban J connectivity index is 1.78. The first-order chi connectivity index (χ1) is 8.80. The maximum absolute atomic E-state index is 9.41. The fourth-order valence-corrected chi connectivity index (χ4v) is 5.13. The van der Waals surface area contributed by atoms with Crippen molar-refractivity contribution >= 4 is 5.71 Å². The number of hydrogen-bond donors (Lipinski definition) is 1. The van der Waals surface area contributed by atoms with Crippen LogP contribution in [0.1, 0.15) is 39.5 Å². The molecule has 3 rings (SSSR count). The van der Waals surface area contributed by atoms with E-state index in [1.54, 1.807) is 0 Å². The first-order valence-electron chi connectivity index (χ1n) is 7.74. The zero-order chi connectivity index (χ0) is 12.7. The average molecular weight is 250 g/mol. The van der Waals surface area contributed by atoms with Crippen LogP contribution in [0, 0.1) is 29.6 Å². The van der Waals surface area contributed by atoms with Gasteiger partial charge in [0.1, 0.15) is 0 Å². The van der Waals surface area contributed by atoms with E-state index < -0.39 is 0 Å². The van der Waals surface area contributed by atoms with Crippen LogP contribution in [0.3, 0.4) is 0 Å². The zero-order valence-electron chi connectivity index (χ0n) is 11.7. The third kappa shape index (κ3) is 1.70. The summed E-state index contributed by atoms with van der Waals surface area (Å²) in [7, 11) is 0. The molecule has 0 aromatic heterocycles. The summed E-state index contributed by atoms with van der Waals surface area (Å²) in [4.78, 5) is 2.49. The standard InChI is InChI=1S/C15H26N2O/c1-3-17(4-2)9-14-12-8-13(15(14)16-18)11-7-5-6-10(11)12/h10-14,18H,3-9H2,1-2H3/b16-15+/t10-,11+,12-,13+,14-/m1/s1. The molecule has 3 saturated carbocycles. The van der Waals surface area contributed by atoms with Crippen molar-refractivity contribution in [1.82, 2.24) is 4.90 Å². The van der Waals surface area contributed by atoms with Crippen molar-refractivity contribution < 1.29 is 5.21 Å². The van der Waals surface area contributed by atoms with Crippen molar-refractivity contribution in [3.8, 4) is 0 Å². The zero-order valence-corrected chi connectivity index (χ0v) is 11.7. The second kappa shape index (κ2) is 4.84. The fourth-order valence-electron chi connectivity index (χ4n) is 5.13. The van der Waals surface area contributed by atoms with E-state index in [1.165, 1.54) is 25.7 Å². The first kappa shape index (κ1) is 12.5. The van der Waals surface area contributed by atoms with Crippen LogP contribution in [0.2, 0.25) is 0 Å². The molecule has 0 radical (unpaired) electrons. The van der Waals surface area contributed by atoms with Crippen molar-refractivity contribution in [3.63, 3.8) is 0 Å². The Morgan fingerprint density at radius 2 is 1.89 bits per heavy atom. The Bertz CT molecular complexity index is 337. The number of rotatable bonds is 4. The quantitative estimate of drug-likeness (QED) is 0.615. The maximum atomic E-state index is 9.41. The smallest absolute Gasteiger partial charge is 0.0651 e. The van der Waals surface area contributed by atoms with E-state index in [4.69, 9.17) is 0 Å². The minimum atomic E-state index is 0.541.